The Kier molecular flexibility index (Phi) is 3.10. The van der Waals surface area contributed by atoms with Crippen molar-refractivity contribution >= 4 is 28.8 Å². The summed E-state index contributed by atoms with van der Waals surface area (Å²) in [6.07, 6.45) is 2.77. The molecule has 19 heavy (non-hydrogen) atoms. The molecule has 2 nitrogen and oxygen atoms in total. The molecule has 0 spiro atoms. The van der Waals surface area contributed by atoms with Gasteiger partial charge in [-0.3, -0.25) is 4.79 Å². The fourth-order valence-corrected chi connectivity index (χ4v) is 2.51. The summed E-state index contributed by atoms with van der Waals surface area (Å²) in [7, 11) is 0. The van der Waals surface area contributed by atoms with Crippen LogP contribution in [-0.2, 0) is 6.54 Å². The van der Waals surface area contributed by atoms with Crippen LogP contribution in [0.5, 0.6) is 0 Å². The van der Waals surface area contributed by atoms with Crippen LogP contribution in [0.3, 0.4) is 0 Å². The number of benzene rings is 2. The van der Waals surface area contributed by atoms with Crippen LogP contribution in [0.4, 0.5) is 0 Å². The van der Waals surface area contributed by atoms with Crippen LogP contribution >= 0.6 is 11.6 Å². The van der Waals surface area contributed by atoms with Crippen LogP contribution in [0.15, 0.2) is 54.7 Å². The van der Waals surface area contributed by atoms with Crippen molar-refractivity contribution in [3.8, 4) is 0 Å². The monoisotopic (exact) mass is 269 g/mol. The first-order chi connectivity index (χ1) is 9.29. The summed E-state index contributed by atoms with van der Waals surface area (Å²) in [5.41, 5.74) is 2.80. The van der Waals surface area contributed by atoms with E-state index in [0.29, 0.717) is 12.1 Å². The number of nitrogens with zero attached hydrogens (tertiary/aromatic N) is 1. The summed E-state index contributed by atoms with van der Waals surface area (Å²) in [5.74, 6) is 0. The van der Waals surface area contributed by atoms with E-state index in [2.05, 4.69) is 4.57 Å². The molecule has 0 N–H and O–H groups in total. The Hall–Kier alpha value is -2.06. The fraction of sp³-hybridized carbons (Fsp3) is 0.0625. The highest BCUT2D eigenvalue weighted by Crippen LogP contribution is 2.23. The van der Waals surface area contributed by atoms with E-state index in [4.69, 9.17) is 11.6 Å². The molecule has 3 aromatic rings. The van der Waals surface area contributed by atoms with Gasteiger partial charge in [-0.1, -0.05) is 48.0 Å². The molecule has 3 rings (SSSR count). The first-order valence-electron chi connectivity index (χ1n) is 6.06. The third kappa shape index (κ3) is 2.15. The van der Waals surface area contributed by atoms with Gasteiger partial charge in [0.15, 0.2) is 6.29 Å². The summed E-state index contributed by atoms with van der Waals surface area (Å²) >= 11 is 6.18. The summed E-state index contributed by atoms with van der Waals surface area (Å²) in [6, 6.07) is 15.6. The minimum absolute atomic E-state index is 0.661. The number of para-hydroxylation sites is 1. The lowest BCUT2D eigenvalue weighted by Crippen LogP contribution is -1.98. The summed E-state index contributed by atoms with van der Waals surface area (Å²) < 4.78 is 2.06. The zero-order valence-electron chi connectivity index (χ0n) is 10.2. The predicted molar refractivity (Wildman–Crippen MR) is 77.9 cm³/mol. The standard InChI is InChI=1S/C16H12ClNO/c17-15-7-3-1-5-12(15)9-18-10-13(11-19)14-6-2-4-8-16(14)18/h1-8,10-11H,9H2. The second-order valence-electron chi connectivity index (χ2n) is 4.44. The lowest BCUT2D eigenvalue weighted by Gasteiger charge is -2.07. The van der Waals surface area contributed by atoms with E-state index in [1.54, 1.807) is 0 Å². The SMILES string of the molecule is O=Cc1cn(Cc2ccccc2Cl)c2ccccc12. The number of fused-ring (bicyclic) bond motifs is 1. The molecule has 0 bridgehead atoms. The molecule has 1 heterocycles. The average molecular weight is 270 g/mol. The third-order valence-corrected chi connectivity index (χ3v) is 3.61. The summed E-state index contributed by atoms with van der Waals surface area (Å²) in [6.45, 7) is 0.661. The first-order valence-corrected chi connectivity index (χ1v) is 6.44. The molecule has 0 fully saturated rings. The minimum atomic E-state index is 0.661. The van der Waals surface area contributed by atoms with Gasteiger partial charge in [-0.15, -0.1) is 0 Å². The number of aldehydes is 1. The van der Waals surface area contributed by atoms with E-state index in [-0.39, 0.29) is 0 Å². The van der Waals surface area contributed by atoms with Gasteiger partial charge in [0.1, 0.15) is 0 Å². The maximum absolute atomic E-state index is 11.1. The zero-order chi connectivity index (χ0) is 13.2. The molecule has 3 heteroatoms. The molecule has 0 aliphatic carbocycles. The van der Waals surface area contributed by atoms with Crippen LogP contribution < -0.4 is 0 Å². The van der Waals surface area contributed by atoms with Crippen molar-refractivity contribution in [2.24, 2.45) is 0 Å². The molecule has 1 aromatic heterocycles. The van der Waals surface area contributed by atoms with E-state index in [1.807, 2.05) is 54.7 Å². The molecule has 0 amide bonds. The highest BCUT2D eigenvalue weighted by molar-refractivity contribution is 6.31. The molecule has 0 aliphatic heterocycles. The number of hydrogen-bond donors (Lipinski definition) is 0. The number of halogens is 1. The van der Waals surface area contributed by atoms with Crippen molar-refractivity contribution in [1.29, 1.82) is 0 Å². The van der Waals surface area contributed by atoms with E-state index in [9.17, 15) is 4.79 Å². The number of carbonyl (C=O) groups excluding carboxylic acids is 1. The van der Waals surface area contributed by atoms with Gasteiger partial charge < -0.3 is 4.57 Å². The van der Waals surface area contributed by atoms with Crippen LogP contribution in [0.2, 0.25) is 5.02 Å². The van der Waals surface area contributed by atoms with Crippen molar-refractivity contribution in [2.75, 3.05) is 0 Å². The van der Waals surface area contributed by atoms with Crippen molar-refractivity contribution in [3.05, 3.63) is 70.9 Å². The van der Waals surface area contributed by atoms with E-state index >= 15 is 0 Å². The van der Waals surface area contributed by atoms with Gasteiger partial charge in [0.2, 0.25) is 0 Å². The number of rotatable bonds is 3. The lowest BCUT2D eigenvalue weighted by molar-refractivity contribution is 0.112. The van der Waals surface area contributed by atoms with Crippen LogP contribution in [0.25, 0.3) is 10.9 Å². The van der Waals surface area contributed by atoms with Gasteiger partial charge >= 0.3 is 0 Å². The Morgan fingerprint density at radius 2 is 1.79 bits per heavy atom. The van der Waals surface area contributed by atoms with E-state index in [1.165, 1.54) is 0 Å². The summed E-state index contributed by atoms with van der Waals surface area (Å²) in [5, 5.41) is 1.72. The van der Waals surface area contributed by atoms with Crippen molar-refractivity contribution in [1.82, 2.24) is 4.57 Å². The first kappa shape index (κ1) is 12.0. The lowest BCUT2D eigenvalue weighted by atomic mass is 10.2. The second-order valence-corrected chi connectivity index (χ2v) is 4.85. The van der Waals surface area contributed by atoms with Crippen molar-refractivity contribution in [2.45, 2.75) is 6.54 Å². The maximum atomic E-state index is 11.1. The number of aromatic nitrogens is 1. The van der Waals surface area contributed by atoms with Crippen LogP contribution in [-0.4, -0.2) is 10.9 Å². The molecule has 0 unspecified atom stereocenters. The Bertz CT molecular complexity index is 745. The normalized spacial score (nSPS) is 10.8. The predicted octanol–water partition coefficient (Wildman–Crippen LogP) is 4.16. The van der Waals surface area contributed by atoms with Gasteiger partial charge in [-0.25, -0.2) is 0 Å². The van der Waals surface area contributed by atoms with Gasteiger partial charge in [-0.05, 0) is 17.7 Å². The highest BCUT2D eigenvalue weighted by atomic mass is 35.5. The second kappa shape index (κ2) is 4.90. The highest BCUT2D eigenvalue weighted by Gasteiger charge is 2.08. The van der Waals surface area contributed by atoms with Gasteiger partial charge in [-0.2, -0.15) is 0 Å². The van der Waals surface area contributed by atoms with Gasteiger partial charge in [0, 0.05) is 34.2 Å². The molecule has 94 valence electrons. The third-order valence-electron chi connectivity index (χ3n) is 3.24. The molecule has 0 saturated heterocycles. The minimum Gasteiger partial charge on any atom is -0.342 e. The fourth-order valence-electron chi connectivity index (χ4n) is 2.31. The molecule has 0 radical (unpaired) electrons. The quantitative estimate of drug-likeness (QED) is 0.655. The molecule has 2 aromatic carbocycles. The van der Waals surface area contributed by atoms with E-state index < -0.39 is 0 Å². The Balaban J connectivity index is 2.11. The Labute approximate surface area is 116 Å². The van der Waals surface area contributed by atoms with Gasteiger partial charge in [0.05, 0.1) is 0 Å². The molecule has 0 aliphatic rings. The smallest absolute Gasteiger partial charge is 0.152 e. The van der Waals surface area contributed by atoms with Crippen LogP contribution in [0.1, 0.15) is 15.9 Å². The number of hydrogen-bond acceptors (Lipinski definition) is 1. The topological polar surface area (TPSA) is 22.0 Å². The van der Waals surface area contributed by atoms with Crippen LogP contribution in [0, 0.1) is 0 Å². The Morgan fingerprint density at radius 3 is 2.58 bits per heavy atom. The van der Waals surface area contributed by atoms with Crippen molar-refractivity contribution in [3.63, 3.8) is 0 Å². The Morgan fingerprint density at radius 1 is 1.05 bits per heavy atom. The van der Waals surface area contributed by atoms with E-state index in [0.717, 1.165) is 27.8 Å². The molecular formula is C16H12ClNO. The average Bonchev–Trinajstić information content (AvgIpc) is 2.80. The largest absolute Gasteiger partial charge is 0.342 e. The zero-order valence-corrected chi connectivity index (χ0v) is 11.0. The summed E-state index contributed by atoms with van der Waals surface area (Å²) in [4.78, 5) is 11.1. The molecule has 0 saturated carbocycles. The van der Waals surface area contributed by atoms with Crippen molar-refractivity contribution < 1.29 is 4.79 Å². The molecule has 0 atom stereocenters. The maximum Gasteiger partial charge on any atom is 0.152 e. The van der Waals surface area contributed by atoms with Gasteiger partial charge in [0.25, 0.3) is 0 Å². The number of carbonyl (C=O) groups is 1. The molecular weight excluding hydrogens is 258 g/mol.